The van der Waals surface area contributed by atoms with Gasteiger partial charge in [0, 0.05) is 5.69 Å². The second-order valence-corrected chi connectivity index (χ2v) is 7.44. The Balaban J connectivity index is 1.53. The first kappa shape index (κ1) is 18.9. The van der Waals surface area contributed by atoms with Gasteiger partial charge in [-0.05, 0) is 55.0 Å². The fraction of sp³-hybridized carbons (Fsp3) is 0.200. The van der Waals surface area contributed by atoms with Crippen LogP contribution in [0.1, 0.15) is 31.5 Å². The molecule has 0 radical (unpaired) electrons. The Hall–Kier alpha value is -4.15. The number of aromatic nitrogens is 6. The van der Waals surface area contributed by atoms with Crippen LogP contribution in [0.5, 0.6) is 0 Å². The maximum atomic E-state index is 15.0. The number of benzene rings is 2. The van der Waals surface area contributed by atoms with Gasteiger partial charge in [0.1, 0.15) is 11.9 Å². The number of imide groups is 1. The van der Waals surface area contributed by atoms with Gasteiger partial charge in [-0.2, -0.15) is 4.80 Å². The van der Waals surface area contributed by atoms with Crippen LogP contribution in [-0.2, 0) is 4.79 Å². The molecule has 31 heavy (non-hydrogen) atoms. The summed E-state index contributed by atoms with van der Waals surface area (Å²) in [6.45, 7) is 3.77. The van der Waals surface area contributed by atoms with E-state index in [2.05, 4.69) is 30.7 Å². The highest BCUT2D eigenvalue weighted by molar-refractivity contribution is 6.15. The highest BCUT2D eigenvalue weighted by Gasteiger charge is 2.41. The fourth-order valence-corrected chi connectivity index (χ4v) is 3.54. The zero-order valence-electron chi connectivity index (χ0n) is 16.6. The maximum Gasteiger partial charge on any atom is 0.329 e. The summed E-state index contributed by atoms with van der Waals surface area (Å²) in [4.78, 5) is 34.9. The number of tetrazole rings is 1. The number of urea groups is 1. The number of halogens is 1. The number of nitrogens with zero attached hydrogens (tertiary/aromatic N) is 6. The van der Waals surface area contributed by atoms with Gasteiger partial charge in [-0.1, -0.05) is 6.07 Å². The van der Waals surface area contributed by atoms with Gasteiger partial charge >= 0.3 is 6.03 Å². The second kappa shape index (κ2) is 6.97. The highest BCUT2D eigenvalue weighted by Crippen LogP contribution is 2.34. The molecule has 11 heteroatoms. The first-order valence-corrected chi connectivity index (χ1v) is 9.59. The molecule has 0 spiro atoms. The molecule has 1 aliphatic rings. The van der Waals surface area contributed by atoms with E-state index < -0.39 is 23.8 Å². The van der Waals surface area contributed by atoms with Gasteiger partial charge < -0.3 is 4.98 Å². The van der Waals surface area contributed by atoms with Crippen LogP contribution in [0.25, 0.3) is 22.4 Å². The molecule has 5 rings (SSSR count). The largest absolute Gasteiger partial charge is 0.345 e. The molecule has 3 heterocycles. The lowest BCUT2D eigenvalue weighted by molar-refractivity contribution is -0.119. The molecule has 1 unspecified atom stereocenters. The highest BCUT2D eigenvalue weighted by atomic mass is 19.1. The second-order valence-electron chi connectivity index (χ2n) is 7.44. The predicted molar refractivity (Wildman–Crippen MR) is 108 cm³/mol. The number of anilines is 1. The molecule has 2 aromatic heterocycles. The standard InChI is InChI=1S/C20H17FN8O2/c1-10(2)29-26-18(25-27-29)13-5-3-11(7-14(13)21)17-19(30)24-20(31)28(17)12-4-6-15-16(8-12)23-9-22-15/h3-10,17H,1-2H3,(H,22,23)(H,24,30,31). The van der Waals surface area contributed by atoms with Gasteiger partial charge in [-0.25, -0.2) is 14.2 Å². The average molecular weight is 420 g/mol. The van der Waals surface area contributed by atoms with Gasteiger partial charge in [0.2, 0.25) is 5.82 Å². The molecule has 1 saturated heterocycles. The quantitative estimate of drug-likeness (QED) is 0.490. The van der Waals surface area contributed by atoms with Crippen molar-refractivity contribution in [2.75, 3.05) is 4.90 Å². The van der Waals surface area contributed by atoms with E-state index >= 15 is 0 Å². The number of hydrogen-bond acceptors (Lipinski definition) is 6. The molecule has 1 aliphatic heterocycles. The Kier molecular flexibility index (Phi) is 4.24. The zero-order valence-corrected chi connectivity index (χ0v) is 16.6. The van der Waals surface area contributed by atoms with Crippen LogP contribution < -0.4 is 10.2 Å². The van der Waals surface area contributed by atoms with Crippen molar-refractivity contribution >= 4 is 28.7 Å². The minimum absolute atomic E-state index is 0.0162. The first-order chi connectivity index (χ1) is 14.9. The molecule has 0 bridgehead atoms. The van der Waals surface area contributed by atoms with Crippen molar-refractivity contribution in [1.82, 2.24) is 35.5 Å². The molecule has 3 amide bonds. The molecule has 1 fully saturated rings. The SMILES string of the molecule is CC(C)n1nnc(-c2ccc(C3C(=O)NC(=O)N3c3ccc4nc[nH]c4c3)cc2F)n1. The summed E-state index contributed by atoms with van der Waals surface area (Å²) in [7, 11) is 0. The Morgan fingerprint density at radius 1 is 1.13 bits per heavy atom. The van der Waals surface area contributed by atoms with Crippen LogP contribution >= 0.6 is 0 Å². The molecule has 156 valence electrons. The lowest BCUT2D eigenvalue weighted by Gasteiger charge is -2.22. The number of carbonyl (C=O) groups excluding carboxylic acids is 2. The third kappa shape index (κ3) is 3.10. The summed E-state index contributed by atoms with van der Waals surface area (Å²) in [6, 6.07) is 7.81. The molecular formula is C20H17FN8O2. The van der Waals surface area contributed by atoms with Crippen LogP contribution in [0.15, 0.2) is 42.7 Å². The minimum atomic E-state index is -1.02. The van der Waals surface area contributed by atoms with Crippen molar-refractivity contribution in [3.05, 3.63) is 54.1 Å². The summed E-state index contributed by atoms with van der Waals surface area (Å²) < 4.78 is 15.0. The summed E-state index contributed by atoms with van der Waals surface area (Å²) in [5, 5.41) is 14.3. The van der Waals surface area contributed by atoms with E-state index in [-0.39, 0.29) is 17.4 Å². The lowest BCUT2D eigenvalue weighted by atomic mass is 10.0. The monoisotopic (exact) mass is 420 g/mol. The van der Waals surface area contributed by atoms with Gasteiger partial charge in [0.25, 0.3) is 5.91 Å². The van der Waals surface area contributed by atoms with Crippen LogP contribution in [0.2, 0.25) is 0 Å². The van der Waals surface area contributed by atoms with Gasteiger partial charge in [0.15, 0.2) is 0 Å². The summed E-state index contributed by atoms with van der Waals surface area (Å²) in [5.41, 5.74) is 2.40. The van der Waals surface area contributed by atoms with Crippen molar-refractivity contribution in [1.29, 1.82) is 0 Å². The van der Waals surface area contributed by atoms with E-state index in [9.17, 15) is 14.0 Å². The van der Waals surface area contributed by atoms with Gasteiger partial charge in [-0.15, -0.1) is 10.2 Å². The predicted octanol–water partition coefficient (Wildman–Crippen LogP) is 2.73. The molecule has 4 aromatic rings. The van der Waals surface area contributed by atoms with Crippen LogP contribution in [0.3, 0.4) is 0 Å². The number of H-pyrrole nitrogens is 1. The first-order valence-electron chi connectivity index (χ1n) is 9.59. The average Bonchev–Trinajstić information content (AvgIpc) is 3.45. The van der Waals surface area contributed by atoms with E-state index in [1.165, 1.54) is 21.8 Å². The molecule has 0 aliphatic carbocycles. The number of amides is 3. The smallest absolute Gasteiger partial charge is 0.329 e. The zero-order chi connectivity index (χ0) is 21.7. The van der Waals surface area contributed by atoms with E-state index in [0.29, 0.717) is 16.8 Å². The molecular weight excluding hydrogens is 403 g/mol. The van der Waals surface area contributed by atoms with Crippen LogP contribution in [0.4, 0.5) is 14.9 Å². The molecule has 2 aromatic carbocycles. The number of carbonyl (C=O) groups is 2. The number of nitrogens with one attached hydrogen (secondary N) is 2. The van der Waals surface area contributed by atoms with Crippen molar-refractivity contribution < 1.29 is 14.0 Å². The molecule has 10 nitrogen and oxygen atoms in total. The lowest BCUT2D eigenvalue weighted by Crippen LogP contribution is -2.29. The Bertz CT molecular complexity index is 1330. The third-order valence-electron chi connectivity index (χ3n) is 5.08. The molecule has 1 atom stereocenters. The molecule has 2 N–H and O–H groups in total. The van der Waals surface area contributed by atoms with Gasteiger partial charge in [0.05, 0.1) is 29.0 Å². The topological polar surface area (TPSA) is 122 Å². The third-order valence-corrected chi connectivity index (χ3v) is 5.08. The number of fused-ring (bicyclic) bond motifs is 1. The van der Waals surface area contributed by atoms with Crippen LogP contribution in [0, 0.1) is 5.82 Å². The Morgan fingerprint density at radius 3 is 2.71 bits per heavy atom. The van der Waals surface area contributed by atoms with Crippen LogP contribution in [-0.4, -0.2) is 42.1 Å². The van der Waals surface area contributed by atoms with E-state index in [1.54, 1.807) is 30.6 Å². The number of aromatic amines is 1. The van der Waals surface area contributed by atoms with Crippen molar-refractivity contribution in [3.8, 4) is 11.4 Å². The number of imidazole rings is 1. The van der Waals surface area contributed by atoms with Crippen molar-refractivity contribution in [3.63, 3.8) is 0 Å². The van der Waals surface area contributed by atoms with E-state index in [1.807, 2.05) is 13.8 Å². The van der Waals surface area contributed by atoms with E-state index in [4.69, 9.17) is 0 Å². The maximum absolute atomic E-state index is 15.0. The van der Waals surface area contributed by atoms with Crippen molar-refractivity contribution in [2.24, 2.45) is 0 Å². The Morgan fingerprint density at radius 2 is 1.97 bits per heavy atom. The normalized spacial score (nSPS) is 16.5. The molecule has 0 saturated carbocycles. The fourth-order valence-electron chi connectivity index (χ4n) is 3.54. The van der Waals surface area contributed by atoms with Crippen molar-refractivity contribution in [2.45, 2.75) is 25.9 Å². The minimum Gasteiger partial charge on any atom is -0.345 e. The number of rotatable bonds is 4. The summed E-state index contributed by atoms with van der Waals surface area (Å²) in [5.74, 6) is -1.01. The number of hydrogen-bond donors (Lipinski definition) is 2. The van der Waals surface area contributed by atoms with Gasteiger partial charge in [-0.3, -0.25) is 15.0 Å². The summed E-state index contributed by atoms with van der Waals surface area (Å²) in [6.07, 6.45) is 1.54. The van der Waals surface area contributed by atoms with E-state index in [0.717, 1.165) is 5.52 Å². The Labute approximate surface area is 175 Å². The summed E-state index contributed by atoms with van der Waals surface area (Å²) >= 11 is 0.